The third-order valence-electron chi connectivity index (χ3n) is 4.91. The molecule has 0 spiro atoms. The summed E-state index contributed by atoms with van der Waals surface area (Å²) in [6.07, 6.45) is 0. The summed E-state index contributed by atoms with van der Waals surface area (Å²) in [6, 6.07) is 24.8. The van der Waals surface area contributed by atoms with E-state index in [2.05, 4.69) is 54.0 Å². The zero-order valence-electron chi connectivity index (χ0n) is 17.0. The van der Waals surface area contributed by atoms with Gasteiger partial charge in [-0.1, -0.05) is 60.2 Å². The molecule has 3 aromatic rings. The van der Waals surface area contributed by atoms with Gasteiger partial charge in [0.2, 0.25) is 5.91 Å². The monoisotopic (exact) mass is 386 g/mol. The fraction of sp³-hybridized carbons (Fsp3) is 0.200. The van der Waals surface area contributed by atoms with Gasteiger partial charge in [0.25, 0.3) is 0 Å². The Morgan fingerprint density at radius 3 is 1.97 bits per heavy atom. The third-order valence-corrected chi connectivity index (χ3v) is 4.91. The largest absolute Gasteiger partial charge is 0.325 e. The molecule has 29 heavy (non-hydrogen) atoms. The van der Waals surface area contributed by atoms with Gasteiger partial charge in [0.05, 0.1) is 12.1 Å². The number of amides is 1. The van der Waals surface area contributed by atoms with Crippen LogP contribution in [0.3, 0.4) is 0 Å². The molecule has 4 nitrogen and oxygen atoms in total. The number of rotatable bonds is 7. The van der Waals surface area contributed by atoms with E-state index >= 15 is 0 Å². The molecule has 0 aliphatic rings. The lowest BCUT2D eigenvalue weighted by Gasteiger charge is -2.24. The van der Waals surface area contributed by atoms with Crippen LogP contribution in [0.4, 0.5) is 5.69 Å². The van der Waals surface area contributed by atoms with Crippen molar-refractivity contribution in [3.63, 3.8) is 0 Å². The second-order valence-corrected chi connectivity index (χ2v) is 7.27. The quantitative estimate of drug-likeness (QED) is 0.568. The molecule has 0 saturated carbocycles. The van der Waals surface area contributed by atoms with Gasteiger partial charge >= 0.3 is 0 Å². The molecule has 0 heterocycles. The van der Waals surface area contributed by atoms with Crippen LogP contribution in [0.5, 0.6) is 0 Å². The second-order valence-electron chi connectivity index (χ2n) is 7.27. The number of nitrogens with one attached hydrogen (secondary N) is 2. The van der Waals surface area contributed by atoms with E-state index in [9.17, 15) is 9.59 Å². The summed E-state index contributed by atoms with van der Waals surface area (Å²) in [4.78, 5) is 24.1. The van der Waals surface area contributed by atoms with E-state index in [4.69, 9.17) is 0 Å². The van der Waals surface area contributed by atoms with Crippen molar-refractivity contribution in [1.82, 2.24) is 5.32 Å². The summed E-state index contributed by atoms with van der Waals surface area (Å²) in [5, 5.41) is 6.36. The summed E-state index contributed by atoms with van der Waals surface area (Å²) >= 11 is 0. The zero-order chi connectivity index (χ0) is 20.8. The van der Waals surface area contributed by atoms with Crippen molar-refractivity contribution in [1.29, 1.82) is 0 Å². The van der Waals surface area contributed by atoms with Crippen molar-refractivity contribution in [2.75, 3.05) is 5.32 Å². The van der Waals surface area contributed by atoms with Crippen molar-refractivity contribution in [3.8, 4) is 0 Å². The van der Waals surface area contributed by atoms with E-state index < -0.39 is 6.04 Å². The molecule has 0 saturated heterocycles. The number of hydrogen-bond acceptors (Lipinski definition) is 3. The first-order valence-electron chi connectivity index (χ1n) is 9.73. The fourth-order valence-corrected chi connectivity index (χ4v) is 3.15. The number of carbonyl (C=O) groups is 2. The van der Waals surface area contributed by atoms with Crippen molar-refractivity contribution >= 4 is 17.4 Å². The smallest absolute Gasteiger partial charge is 0.241 e. The Labute approximate surface area is 172 Å². The highest BCUT2D eigenvalue weighted by atomic mass is 16.2. The molecular weight excluding hydrogens is 360 g/mol. The fourth-order valence-electron chi connectivity index (χ4n) is 3.15. The van der Waals surface area contributed by atoms with E-state index in [1.807, 2.05) is 25.1 Å². The highest BCUT2D eigenvalue weighted by Crippen LogP contribution is 2.23. The van der Waals surface area contributed by atoms with Crippen LogP contribution in [-0.4, -0.2) is 17.7 Å². The van der Waals surface area contributed by atoms with E-state index in [0.29, 0.717) is 11.3 Å². The normalized spacial score (nSPS) is 12.8. The van der Waals surface area contributed by atoms with Crippen LogP contribution in [0, 0.1) is 6.92 Å². The molecule has 0 bridgehead atoms. The molecule has 0 fully saturated rings. The van der Waals surface area contributed by atoms with Gasteiger partial charge in [0.15, 0.2) is 5.78 Å². The molecule has 3 rings (SSSR count). The predicted octanol–water partition coefficient (Wildman–Crippen LogP) is 4.90. The van der Waals surface area contributed by atoms with Gasteiger partial charge in [-0.3, -0.25) is 14.9 Å². The van der Waals surface area contributed by atoms with E-state index in [-0.39, 0.29) is 17.7 Å². The molecule has 1 amide bonds. The van der Waals surface area contributed by atoms with Gasteiger partial charge in [0.1, 0.15) is 0 Å². The predicted molar refractivity (Wildman–Crippen MR) is 117 cm³/mol. The average molecular weight is 386 g/mol. The van der Waals surface area contributed by atoms with Crippen molar-refractivity contribution in [2.24, 2.45) is 0 Å². The van der Waals surface area contributed by atoms with Gasteiger partial charge in [0, 0.05) is 11.3 Å². The summed E-state index contributed by atoms with van der Waals surface area (Å²) < 4.78 is 0. The maximum Gasteiger partial charge on any atom is 0.241 e. The van der Waals surface area contributed by atoms with Crippen LogP contribution < -0.4 is 10.6 Å². The minimum Gasteiger partial charge on any atom is -0.325 e. The highest BCUT2D eigenvalue weighted by molar-refractivity contribution is 5.97. The molecule has 4 heteroatoms. The first kappa shape index (κ1) is 20.5. The van der Waals surface area contributed by atoms with Crippen molar-refractivity contribution < 1.29 is 9.59 Å². The number of anilines is 1. The summed E-state index contributed by atoms with van der Waals surface area (Å²) in [7, 11) is 0. The number of benzene rings is 3. The molecular formula is C25H26N2O2. The molecule has 0 aromatic heterocycles. The molecule has 0 unspecified atom stereocenters. The Kier molecular flexibility index (Phi) is 6.57. The Bertz CT molecular complexity index is 964. The summed E-state index contributed by atoms with van der Waals surface area (Å²) in [6.45, 7) is 5.43. The van der Waals surface area contributed by atoms with Gasteiger partial charge < -0.3 is 5.32 Å². The molecule has 3 aromatic carbocycles. The minimum atomic E-state index is -0.422. The lowest BCUT2D eigenvalue weighted by Crippen LogP contribution is -2.40. The van der Waals surface area contributed by atoms with Crippen LogP contribution >= 0.6 is 0 Å². The minimum absolute atomic E-state index is 0.00159. The maximum atomic E-state index is 12.7. The lowest BCUT2D eigenvalue weighted by molar-refractivity contribution is -0.117. The van der Waals surface area contributed by atoms with Crippen LogP contribution in [0.25, 0.3) is 0 Å². The summed E-state index contributed by atoms with van der Waals surface area (Å²) in [5.74, 6) is -0.129. The molecule has 0 aliphatic heterocycles. The number of ketones is 1. The average Bonchev–Trinajstić information content (AvgIpc) is 2.73. The van der Waals surface area contributed by atoms with Gasteiger partial charge in [-0.15, -0.1) is 0 Å². The number of aryl methyl sites for hydroxylation is 1. The Balaban J connectivity index is 1.75. The highest BCUT2D eigenvalue weighted by Gasteiger charge is 2.21. The van der Waals surface area contributed by atoms with Crippen molar-refractivity contribution in [2.45, 2.75) is 32.9 Å². The lowest BCUT2D eigenvalue weighted by atomic mass is 9.97. The first-order valence-corrected chi connectivity index (χ1v) is 9.73. The Morgan fingerprint density at radius 1 is 0.793 bits per heavy atom. The maximum absolute atomic E-state index is 12.7. The molecule has 0 radical (unpaired) electrons. The molecule has 2 N–H and O–H groups in total. The molecule has 148 valence electrons. The van der Waals surface area contributed by atoms with E-state index in [0.717, 1.165) is 11.1 Å². The van der Waals surface area contributed by atoms with Gasteiger partial charge in [-0.2, -0.15) is 0 Å². The zero-order valence-corrected chi connectivity index (χ0v) is 17.0. The van der Waals surface area contributed by atoms with Crippen LogP contribution in [0.2, 0.25) is 0 Å². The van der Waals surface area contributed by atoms with Crippen LogP contribution in [0.1, 0.15) is 46.9 Å². The number of hydrogen-bond donors (Lipinski definition) is 2. The SMILES string of the molecule is CC(=O)c1ccc(NC(=O)[C@H](C)N[C@H](c2ccccc2)c2ccc(C)cc2)cc1. The Morgan fingerprint density at radius 2 is 1.38 bits per heavy atom. The number of carbonyl (C=O) groups excluding carboxylic acids is 2. The van der Waals surface area contributed by atoms with E-state index in [1.54, 1.807) is 24.3 Å². The van der Waals surface area contributed by atoms with E-state index in [1.165, 1.54) is 12.5 Å². The third kappa shape index (κ3) is 5.39. The molecule has 2 atom stereocenters. The van der Waals surface area contributed by atoms with Crippen LogP contribution in [0.15, 0.2) is 78.9 Å². The molecule has 0 aliphatic carbocycles. The number of Topliss-reactive ketones (excluding diaryl/α,β-unsaturated/α-hetero) is 1. The van der Waals surface area contributed by atoms with Crippen molar-refractivity contribution in [3.05, 3.63) is 101 Å². The van der Waals surface area contributed by atoms with Crippen LogP contribution in [-0.2, 0) is 4.79 Å². The Hall–Kier alpha value is -3.24. The topological polar surface area (TPSA) is 58.2 Å². The first-order chi connectivity index (χ1) is 13.9. The van der Waals surface area contributed by atoms with Gasteiger partial charge in [-0.25, -0.2) is 0 Å². The second kappa shape index (κ2) is 9.30. The summed E-state index contributed by atoms with van der Waals surface area (Å²) in [5.41, 5.74) is 4.69. The standard InChI is InChI=1S/C25H26N2O2/c1-17-9-11-22(12-10-17)24(21-7-5-4-6-8-21)26-18(2)25(29)27-23-15-13-20(14-16-23)19(3)28/h4-16,18,24,26H,1-3H3,(H,27,29)/t18-,24+/m0/s1. The van der Waals surface area contributed by atoms with Gasteiger partial charge in [-0.05, 0) is 56.2 Å².